The molecule has 3 N–H and O–H groups in total. The summed E-state index contributed by atoms with van der Waals surface area (Å²) in [5.74, 6) is 1.46. The first-order chi connectivity index (χ1) is 14.4. The van der Waals surface area contributed by atoms with E-state index in [1.165, 1.54) is 27.9 Å². The predicted molar refractivity (Wildman–Crippen MR) is 126 cm³/mol. The van der Waals surface area contributed by atoms with E-state index in [-0.39, 0.29) is 0 Å². The molecule has 3 aromatic rings. The molecule has 2 heterocycles. The maximum Gasteiger partial charge on any atom is 0.159 e. The van der Waals surface area contributed by atoms with Gasteiger partial charge in [0.15, 0.2) is 11.6 Å². The lowest BCUT2D eigenvalue weighted by molar-refractivity contribution is 0.646. The van der Waals surface area contributed by atoms with E-state index in [9.17, 15) is 0 Å². The number of nitrogens with one attached hydrogen (secondary N) is 1. The summed E-state index contributed by atoms with van der Waals surface area (Å²) < 4.78 is 0. The summed E-state index contributed by atoms with van der Waals surface area (Å²) in [6, 6.07) is 12.9. The molecule has 0 radical (unpaired) electrons. The van der Waals surface area contributed by atoms with Crippen molar-refractivity contribution in [1.82, 2.24) is 9.97 Å². The van der Waals surface area contributed by atoms with Crippen LogP contribution in [0.2, 0.25) is 0 Å². The Labute approximate surface area is 178 Å². The van der Waals surface area contributed by atoms with Crippen LogP contribution in [0.3, 0.4) is 0 Å². The predicted octanol–water partition coefficient (Wildman–Crippen LogP) is 4.36. The number of nitrogen functional groups attached to an aromatic ring is 1. The number of rotatable bonds is 4. The van der Waals surface area contributed by atoms with Crippen molar-refractivity contribution >= 4 is 28.7 Å². The highest BCUT2D eigenvalue weighted by Gasteiger charge is 2.22. The van der Waals surface area contributed by atoms with Gasteiger partial charge in [-0.25, -0.2) is 9.97 Å². The molecule has 6 heteroatoms. The summed E-state index contributed by atoms with van der Waals surface area (Å²) in [7, 11) is 0. The molecule has 0 unspecified atom stereocenters. The van der Waals surface area contributed by atoms with E-state index < -0.39 is 0 Å². The average Bonchev–Trinajstić information content (AvgIpc) is 2.71. The van der Waals surface area contributed by atoms with Gasteiger partial charge in [0.2, 0.25) is 0 Å². The molecule has 0 atom stereocenters. The minimum absolute atomic E-state index is 0.594. The minimum Gasteiger partial charge on any atom is -0.393 e. The number of aromatic nitrogens is 2. The molecule has 156 valence electrons. The lowest BCUT2D eigenvalue weighted by Crippen LogP contribution is -2.47. The third-order valence-electron chi connectivity index (χ3n) is 5.84. The molecule has 1 aromatic heterocycles. The Morgan fingerprint density at radius 3 is 2.23 bits per heavy atom. The van der Waals surface area contributed by atoms with Crippen LogP contribution >= 0.6 is 0 Å². The molecule has 0 spiro atoms. The first-order valence-electron chi connectivity index (χ1n) is 10.4. The third kappa shape index (κ3) is 4.03. The summed E-state index contributed by atoms with van der Waals surface area (Å²) in [4.78, 5) is 13.6. The van der Waals surface area contributed by atoms with Crippen molar-refractivity contribution in [3.8, 4) is 0 Å². The number of aryl methyl sites for hydroxylation is 3. The van der Waals surface area contributed by atoms with Crippen LogP contribution in [-0.4, -0.2) is 36.1 Å². The van der Waals surface area contributed by atoms with Gasteiger partial charge >= 0.3 is 0 Å². The highest BCUT2D eigenvalue weighted by Crippen LogP contribution is 2.31. The van der Waals surface area contributed by atoms with Crippen LogP contribution in [-0.2, 0) is 0 Å². The summed E-state index contributed by atoms with van der Waals surface area (Å²) >= 11 is 0. The van der Waals surface area contributed by atoms with Crippen LogP contribution < -0.4 is 20.9 Å². The van der Waals surface area contributed by atoms with Crippen LogP contribution in [0.4, 0.5) is 28.7 Å². The Kier molecular flexibility index (Phi) is 5.48. The van der Waals surface area contributed by atoms with Gasteiger partial charge in [0.1, 0.15) is 12.0 Å². The van der Waals surface area contributed by atoms with Crippen molar-refractivity contribution in [3.63, 3.8) is 0 Å². The molecule has 1 fully saturated rings. The minimum atomic E-state index is 0.594. The number of anilines is 5. The zero-order chi connectivity index (χ0) is 21.3. The van der Waals surface area contributed by atoms with E-state index >= 15 is 0 Å². The van der Waals surface area contributed by atoms with Gasteiger partial charge in [-0.15, -0.1) is 0 Å². The smallest absolute Gasteiger partial charge is 0.159 e. The second-order valence-corrected chi connectivity index (χ2v) is 8.15. The van der Waals surface area contributed by atoms with Crippen molar-refractivity contribution in [1.29, 1.82) is 0 Å². The zero-order valence-electron chi connectivity index (χ0n) is 18.2. The van der Waals surface area contributed by atoms with Gasteiger partial charge in [0.05, 0.1) is 0 Å². The molecule has 1 saturated heterocycles. The fraction of sp³-hybridized carbons (Fsp3) is 0.333. The molecule has 4 rings (SSSR count). The first-order valence-corrected chi connectivity index (χ1v) is 10.4. The Hall–Kier alpha value is -3.28. The highest BCUT2D eigenvalue weighted by atomic mass is 15.3. The van der Waals surface area contributed by atoms with Gasteiger partial charge in [-0.2, -0.15) is 0 Å². The van der Waals surface area contributed by atoms with Crippen LogP contribution in [0, 0.1) is 27.7 Å². The van der Waals surface area contributed by atoms with Crippen molar-refractivity contribution < 1.29 is 0 Å². The van der Waals surface area contributed by atoms with Gasteiger partial charge in [-0.3, -0.25) is 0 Å². The van der Waals surface area contributed by atoms with Gasteiger partial charge < -0.3 is 20.9 Å². The van der Waals surface area contributed by atoms with Crippen LogP contribution in [0.25, 0.3) is 0 Å². The van der Waals surface area contributed by atoms with Crippen molar-refractivity contribution in [2.45, 2.75) is 27.7 Å². The van der Waals surface area contributed by atoms with Crippen molar-refractivity contribution in [2.75, 3.05) is 47.0 Å². The lowest BCUT2D eigenvalue weighted by atomic mass is 10.1. The van der Waals surface area contributed by atoms with Crippen LogP contribution in [0.1, 0.15) is 22.3 Å². The Morgan fingerprint density at radius 2 is 1.53 bits per heavy atom. The standard InChI is InChI=1S/C24H30N6/c1-16-12-17(2)14-20(13-16)28-23-22(25)24(27-15-26-23)30-10-8-29(9-11-30)21-7-5-6-18(3)19(21)4/h5-7,12-15H,8-11,25H2,1-4H3,(H,26,27,28). The summed E-state index contributed by atoms with van der Waals surface area (Å²) in [6.45, 7) is 12.2. The quantitative estimate of drug-likeness (QED) is 0.676. The van der Waals surface area contributed by atoms with E-state index in [2.05, 4.69) is 89.2 Å². The molecule has 0 amide bonds. The van der Waals surface area contributed by atoms with E-state index in [0.29, 0.717) is 11.5 Å². The fourth-order valence-corrected chi connectivity index (χ4v) is 4.16. The summed E-state index contributed by atoms with van der Waals surface area (Å²) in [5, 5.41) is 3.37. The van der Waals surface area contributed by atoms with Crippen LogP contribution in [0.5, 0.6) is 0 Å². The SMILES string of the molecule is Cc1cc(C)cc(Nc2ncnc(N3CCN(c4cccc(C)c4C)CC3)c2N)c1. The van der Waals surface area contributed by atoms with Gasteiger partial charge in [0, 0.05) is 37.6 Å². The number of hydrogen-bond acceptors (Lipinski definition) is 6. The molecule has 0 aliphatic carbocycles. The zero-order valence-corrected chi connectivity index (χ0v) is 18.2. The van der Waals surface area contributed by atoms with Gasteiger partial charge in [0.25, 0.3) is 0 Å². The van der Waals surface area contributed by atoms with Crippen LogP contribution in [0.15, 0.2) is 42.7 Å². The number of nitrogens with two attached hydrogens (primary N) is 1. The summed E-state index contributed by atoms with van der Waals surface area (Å²) in [5.41, 5.74) is 14.5. The first kappa shape index (κ1) is 20.0. The number of benzene rings is 2. The van der Waals surface area contributed by atoms with Gasteiger partial charge in [-0.05, 0) is 68.1 Å². The second kappa shape index (κ2) is 8.22. The maximum atomic E-state index is 6.49. The molecule has 2 aromatic carbocycles. The van der Waals surface area contributed by atoms with E-state index in [0.717, 1.165) is 37.7 Å². The fourth-order valence-electron chi connectivity index (χ4n) is 4.16. The Morgan fingerprint density at radius 1 is 0.867 bits per heavy atom. The monoisotopic (exact) mass is 402 g/mol. The molecule has 6 nitrogen and oxygen atoms in total. The number of nitrogens with zero attached hydrogens (tertiary/aromatic N) is 4. The van der Waals surface area contributed by atoms with E-state index in [1.54, 1.807) is 6.33 Å². The Balaban J connectivity index is 1.50. The van der Waals surface area contributed by atoms with E-state index in [4.69, 9.17) is 5.73 Å². The highest BCUT2D eigenvalue weighted by molar-refractivity contribution is 5.78. The molecule has 0 saturated carbocycles. The number of hydrogen-bond donors (Lipinski definition) is 2. The third-order valence-corrected chi connectivity index (χ3v) is 5.84. The molecular formula is C24H30N6. The second-order valence-electron chi connectivity index (χ2n) is 8.15. The summed E-state index contributed by atoms with van der Waals surface area (Å²) in [6.07, 6.45) is 1.59. The topological polar surface area (TPSA) is 70.3 Å². The molecule has 1 aliphatic rings. The average molecular weight is 403 g/mol. The van der Waals surface area contributed by atoms with Crippen molar-refractivity contribution in [3.05, 3.63) is 65.0 Å². The maximum absolute atomic E-state index is 6.49. The molecule has 30 heavy (non-hydrogen) atoms. The van der Waals surface area contributed by atoms with Gasteiger partial charge in [-0.1, -0.05) is 18.2 Å². The normalized spacial score (nSPS) is 14.1. The van der Waals surface area contributed by atoms with Crippen molar-refractivity contribution in [2.24, 2.45) is 0 Å². The van der Waals surface area contributed by atoms with E-state index in [1.807, 2.05) is 0 Å². The molecule has 1 aliphatic heterocycles. The number of piperazine rings is 1. The lowest BCUT2D eigenvalue weighted by Gasteiger charge is -2.38. The largest absolute Gasteiger partial charge is 0.393 e. The molecular weight excluding hydrogens is 372 g/mol. The Bertz CT molecular complexity index is 1030. The molecule has 0 bridgehead atoms.